The minimum Gasteiger partial charge on any atom is -0.302 e. The van der Waals surface area contributed by atoms with Crippen LogP contribution in [-0.4, -0.2) is 10.9 Å². The van der Waals surface area contributed by atoms with Crippen LogP contribution in [-0.2, 0) is 11.2 Å². The second kappa shape index (κ2) is 6.39. The minimum absolute atomic E-state index is 0.0579. The van der Waals surface area contributed by atoms with E-state index < -0.39 is 0 Å². The molecule has 0 aliphatic carbocycles. The predicted molar refractivity (Wildman–Crippen MR) is 89.2 cm³/mol. The first-order chi connectivity index (χ1) is 10.2. The van der Waals surface area contributed by atoms with Crippen LogP contribution < -0.4 is 5.32 Å². The molecule has 3 rings (SSSR count). The Bertz CT molecular complexity index is 753. The molecule has 0 aliphatic rings. The number of thiazole rings is 1. The predicted octanol–water partition coefficient (Wildman–Crippen LogP) is 4.71. The number of carbonyl (C=O) groups is 1. The maximum atomic E-state index is 11.9. The lowest BCUT2D eigenvalue weighted by Gasteiger charge is -2.00. The van der Waals surface area contributed by atoms with Gasteiger partial charge in [-0.05, 0) is 17.5 Å². The summed E-state index contributed by atoms with van der Waals surface area (Å²) in [7, 11) is 0. The number of rotatable bonds is 4. The van der Waals surface area contributed by atoms with E-state index in [1.54, 1.807) is 11.3 Å². The maximum absolute atomic E-state index is 11.9. The van der Waals surface area contributed by atoms with Crippen LogP contribution in [0.3, 0.4) is 0 Å². The van der Waals surface area contributed by atoms with Crippen LogP contribution in [0.5, 0.6) is 0 Å². The van der Waals surface area contributed by atoms with Crippen molar-refractivity contribution < 1.29 is 4.79 Å². The van der Waals surface area contributed by atoms with Crippen molar-refractivity contribution in [3.63, 3.8) is 0 Å². The lowest BCUT2D eigenvalue weighted by Crippen LogP contribution is -2.13. The van der Waals surface area contributed by atoms with E-state index in [2.05, 4.69) is 10.3 Å². The van der Waals surface area contributed by atoms with Crippen LogP contribution in [0.1, 0.15) is 4.88 Å². The van der Waals surface area contributed by atoms with E-state index in [4.69, 9.17) is 11.6 Å². The lowest BCUT2D eigenvalue weighted by atomic mass is 10.2. The molecule has 0 radical (unpaired) electrons. The highest BCUT2D eigenvalue weighted by atomic mass is 35.5. The summed E-state index contributed by atoms with van der Waals surface area (Å²) in [6, 6.07) is 11.4. The van der Waals surface area contributed by atoms with Crippen LogP contribution in [0.15, 0.2) is 47.2 Å². The number of carbonyl (C=O) groups excluding carboxylic acids is 1. The Balaban J connectivity index is 1.71. The molecule has 2 heterocycles. The largest absolute Gasteiger partial charge is 0.302 e. The molecule has 1 N–H and O–H groups in total. The normalized spacial score (nSPS) is 10.5. The molecular weight excluding hydrogens is 324 g/mol. The Morgan fingerprint density at radius 3 is 2.81 bits per heavy atom. The SMILES string of the molecule is O=C(Cc1cccs1)Nc1nc(-c2ccccc2Cl)cs1. The molecule has 3 nitrogen and oxygen atoms in total. The zero-order valence-corrected chi connectivity index (χ0v) is 13.3. The summed E-state index contributed by atoms with van der Waals surface area (Å²) in [5.74, 6) is -0.0579. The molecule has 1 aromatic carbocycles. The number of halogens is 1. The molecule has 0 atom stereocenters. The van der Waals surface area contributed by atoms with E-state index in [1.807, 2.05) is 47.2 Å². The van der Waals surface area contributed by atoms with Gasteiger partial charge in [0, 0.05) is 20.8 Å². The van der Waals surface area contributed by atoms with E-state index in [-0.39, 0.29) is 5.91 Å². The van der Waals surface area contributed by atoms with E-state index in [9.17, 15) is 4.79 Å². The molecule has 1 amide bonds. The van der Waals surface area contributed by atoms with E-state index in [0.29, 0.717) is 16.6 Å². The first kappa shape index (κ1) is 14.3. The first-order valence-corrected chi connectivity index (χ1v) is 8.39. The van der Waals surface area contributed by atoms with E-state index >= 15 is 0 Å². The highest BCUT2D eigenvalue weighted by Crippen LogP contribution is 2.30. The first-order valence-electron chi connectivity index (χ1n) is 6.25. The van der Waals surface area contributed by atoms with E-state index in [1.165, 1.54) is 11.3 Å². The van der Waals surface area contributed by atoms with Gasteiger partial charge in [-0.2, -0.15) is 0 Å². The van der Waals surface area contributed by atoms with Crippen molar-refractivity contribution in [2.45, 2.75) is 6.42 Å². The number of benzene rings is 1. The minimum atomic E-state index is -0.0579. The zero-order chi connectivity index (χ0) is 14.7. The average Bonchev–Trinajstić information content (AvgIpc) is 3.11. The summed E-state index contributed by atoms with van der Waals surface area (Å²) in [6.45, 7) is 0. The molecule has 21 heavy (non-hydrogen) atoms. The van der Waals surface area contributed by atoms with Gasteiger partial charge in [0.25, 0.3) is 0 Å². The van der Waals surface area contributed by atoms with Crippen molar-refractivity contribution >= 4 is 45.3 Å². The summed E-state index contributed by atoms with van der Waals surface area (Å²) < 4.78 is 0. The molecule has 6 heteroatoms. The van der Waals surface area contributed by atoms with Crippen LogP contribution >= 0.6 is 34.3 Å². The Labute approximate surface area is 135 Å². The number of amides is 1. The second-order valence-electron chi connectivity index (χ2n) is 4.32. The van der Waals surface area contributed by atoms with Gasteiger partial charge in [0.05, 0.1) is 12.1 Å². The van der Waals surface area contributed by atoms with Crippen molar-refractivity contribution in [2.75, 3.05) is 5.32 Å². The van der Waals surface area contributed by atoms with Crippen molar-refractivity contribution in [3.05, 3.63) is 57.1 Å². The quantitative estimate of drug-likeness (QED) is 0.751. The third-order valence-electron chi connectivity index (χ3n) is 2.82. The summed E-state index contributed by atoms with van der Waals surface area (Å²) in [5.41, 5.74) is 1.64. The van der Waals surface area contributed by atoms with Gasteiger partial charge in [-0.1, -0.05) is 35.9 Å². The fourth-order valence-corrected chi connectivity index (χ4v) is 3.52. The number of hydrogen-bond acceptors (Lipinski definition) is 4. The summed E-state index contributed by atoms with van der Waals surface area (Å²) in [4.78, 5) is 17.4. The van der Waals surface area contributed by atoms with Gasteiger partial charge in [0.15, 0.2) is 5.13 Å². The van der Waals surface area contributed by atoms with Gasteiger partial charge >= 0.3 is 0 Å². The smallest absolute Gasteiger partial charge is 0.231 e. The number of nitrogens with one attached hydrogen (secondary N) is 1. The Kier molecular flexibility index (Phi) is 4.34. The number of nitrogens with zero attached hydrogens (tertiary/aromatic N) is 1. The third-order valence-corrected chi connectivity index (χ3v) is 4.78. The van der Waals surface area contributed by atoms with Crippen molar-refractivity contribution in [1.82, 2.24) is 4.98 Å². The molecule has 0 saturated heterocycles. The molecule has 0 spiro atoms. The van der Waals surface area contributed by atoms with Gasteiger partial charge in [-0.25, -0.2) is 4.98 Å². The highest BCUT2D eigenvalue weighted by Gasteiger charge is 2.10. The molecule has 0 unspecified atom stereocenters. The fourth-order valence-electron chi connectivity index (χ4n) is 1.86. The molecular formula is C15H11ClN2OS2. The van der Waals surface area contributed by atoms with Crippen molar-refractivity contribution in [1.29, 1.82) is 0 Å². The molecule has 2 aromatic heterocycles. The maximum Gasteiger partial charge on any atom is 0.231 e. The third kappa shape index (κ3) is 3.50. The summed E-state index contributed by atoms with van der Waals surface area (Å²) in [6.07, 6.45) is 0.374. The van der Waals surface area contributed by atoms with Crippen LogP contribution in [0.25, 0.3) is 11.3 Å². The van der Waals surface area contributed by atoms with Crippen LogP contribution in [0.4, 0.5) is 5.13 Å². The fraction of sp³-hybridized carbons (Fsp3) is 0.0667. The molecule has 0 saturated carbocycles. The van der Waals surface area contributed by atoms with E-state index in [0.717, 1.165) is 16.1 Å². The molecule has 0 bridgehead atoms. The number of thiophene rings is 1. The number of anilines is 1. The highest BCUT2D eigenvalue weighted by molar-refractivity contribution is 7.14. The Morgan fingerprint density at radius 1 is 1.19 bits per heavy atom. The molecule has 0 fully saturated rings. The second-order valence-corrected chi connectivity index (χ2v) is 6.62. The van der Waals surface area contributed by atoms with Crippen molar-refractivity contribution in [2.24, 2.45) is 0 Å². The zero-order valence-electron chi connectivity index (χ0n) is 10.9. The Morgan fingerprint density at radius 2 is 2.05 bits per heavy atom. The summed E-state index contributed by atoms with van der Waals surface area (Å²) >= 11 is 9.11. The van der Waals surface area contributed by atoms with Crippen molar-refractivity contribution in [3.8, 4) is 11.3 Å². The topological polar surface area (TPSA) is 42.0 Å². The standard InChI is InChI=1S/C15H11ClN2OS2/c16-12-6-2-1-5-11(12)13-9-21-15(17-13)18-14(19)8-10-4-3-7-20-10/h1-7,9H,8H2,(H,17,18,19). The van der Waals surface area contributed by atoms with Crippen LogP contribution in [0.2, 0.25) is 5.02 Å². The molecule has 106 valence electrons. The molecule has 0 aliphatic heterocycles. The molecule has 3 aromatic rings. The monoisotopic (exact) mass is 334 g/mol. The van der Waals surface area contributed by atoms with Gasteiger partial charge in [0.1, 0.15) is 0 Å². The summed E-state index contributed by atoms with van der Waals surface area (Å²) in [5, 5.41) is 7.91. The van der Waals surface area contributed by atoms with Gasteiger partial charge in [-0.15, -0.1) is 22.7 Å². The van der Waals surface area contributed by atoms with Crippen LogP contribution in [0, 0.1) is 0 Å². The van der Waals surface area contributed by atoms with Gasteiger partial charge < -0.3 is 5.32 Å². The Hall–Kier alpha value is -1.69. The number of aromatic nitrogens is 1. The average molecular weight is 335 g/mol. The lowest BCUT2D eigenvalue weighted by molar-refractivity contribution is -0.115. The number of hydrogen-bond donors (Lipinski definition) is 1. The van der Waals surface area contributed by atoms with Gasteiger partial charge in [0.2, 0.25) is 5.91 Å². The van der Waals surface area contributed by atoms with Gasteiger partial charge in [-0.3, -0.25) is 4.79 Å².